The van der Waals surface area contributed by atoms with E-state index in [4.69, 9.17) is 11.6 Å². The van der Waals surface area contributed by atoms with Crippen molar-refractivity contribution >= 4 is 29.3 Å². The molecule has 3 rings (SSSR count). The lowest BCUT2D eigenvalue weighted by atomic mass is 9.70. The van der Waals surface area contributed by atoms with Crippen LogP contribution in [0.5, 0.6) is 0 Å². The first-order chi connectivity index (χ1) is 10.1. The van der Waals surface area contributed by atoms with Gasteiger partial charge >= 0.3 is 5.97 Å². The van der Waals surface area contributed by atoms with Crippen molar-refractivity contribution in [2.45, 2.75) is 28.4 Å². The Hall–Kier alpha value is -1.45. The maximum Gasteiger partial charge on any atom is 0.320 e. The van der Waals surface area contributed by atoms with Crippen molar-refractivity contribution < 1.29 is 9.90 Å². The molecule has 0 atom stereocenters. The summed E-state index contributed by atoms with van der Waals surface area (Å²) in [6.07, 6.45) is 1.28. The Labute approximate surface area is 133 Å². The number of carboxylic acid groups (broad SMARTS) is 1. The Morgan fingerprint density at radius 3 is 2.33 bits per heavy atom. The second-order valence-electron chi connectivity index (χ2n) is 5.35. The molecule has 0 unspecified atom stereocenters. The summed E-state index contributed by atoms with van der Waals surface area (Å²) in [7, 11) is 0. The number of carbonyl (C=O) groups is 1. The third-order valence-corrected chi connectivity index (χ3v) is 5.87. The number of halogens is 1. The van der Waals surface area contributed by atoms with Gasteiger partial charge in [-0.3, -0.25) is 4.79 Å². The number of carboxylic acids is 1. The third-order valence-electron chi connectivity index (χ3n) is 3.95. The number of rotatable bonds is 4. The first-order valence-corrected chi connectivity index (χ1v) is 8.02. The van der Waals surface area contributed by atoms with Crippen LogP contribution in [0.2, 0.25) is 5.02 Å². The monoisotopic (exact) mass is 318 g/mol. The molecule has 0 bridgehead atoms. The summed E-state index contributed by atoms with van der Waals surface area (Å²) in [5.74, 6) is -0.433. The van der Waals surface area contributed by atoms with Gasteiger partial charge in [-0.05, 0) is 36.5 Å². The van der Waals surface area contributed by atoms with E-state index in [-0.39, 0.29) is 0 Å². The highest BCUT2D eigenvalue weighted by molar-refractivity contribution is 8.01. The average Bonchev–Trinajstić information content (AvgIpc) is 2.45. The van der Waals surface area contributed by atoms with Crippen molar-refractivity contribution in [3.05, 3.63) is 65.2 Å². The maximum absolute atomic E-state index is 11.7. The van der Waals surface area contributed by atoms with Gasteiger partial charge in [0, 0.05) is 4.90 Å². The molecule has 21 heavy (non-hydrogen) atoms. The highest BCUT2D eigenvalue weighted by Gasteiger charge is 2.51. The molecule has 2 aromatic carbocycles. The van der Waals surface area contributed by atoms with E-state index in [1.54, 1.807) is 6.07 Å². The van der Waals surface area contributed by atoms with Crippen LogP contribution in [0.4, 0.5) is 0 Å². The molecular formula is C17H15ClO2S. The van der Waals surface area contributed by atoms with Gasteiger partial charge in [0.05, 0.1) is 5.02 Å². The van der Waals surface area contributed by atoms with Gasteiger partial charge in [-0.2, -0.15) is 0 Å². The van der Waals surface area contributed by atoms with E-state index >= 15 is 0 Å². The summed E-state index contributed by atoms with van der Waals surface area (Å²) >= 11 is 7.54. The summed E-state index contributed by atoms with van der Waals surface area (Å²) in [6.45, 7) is 0. The molecule has 0 aliphatic heterocycles. The molecule has 2 nitrogen and oxygen atoms in total. The number of hydrogen-bond donors (Lipinski definition) is 1. The van der Waals surface area contributed by atoms with Gasteiger partial charge in [0.25, 0.3) is 0 Å². The topological polar surface area (TPSA) is 37.3 Å². The Bertz CT molecular complexity index is 651. The van der Waals surface area contributed by atoms with Crippen molar-refractivity contribution in [3.8, 4) is 0 Å². The van der Waals surface area contributed by atoms with Crippen LogP contribution in [0.15, 0.2) is 59.5 Å². The molecule has 2 aromatic rings. The minimum atomic E-state index is -0.758. The van der Waals surface area contributed by atoms with E-state index in [9.17, 15) is 9.90 Å². The van der Waals surface area contributed by atoms with E-state index in [2.05, 4.69) is 12.1 Å². The van der Waals surface area contributed by atoms with Gasteiger partial charge < -0.3 is 5.11 Å². The molecule has 0 heterocycles. The third kappa shape index (κ3) is 2.81. The maximum atomic E-state index is 11.7. The van der Waals surface area contributed by atoms with Crippen LogP contribution in [0.25, 0.3) is 0 Å². The summed E-state index contributed by atoms with van der Waals surface area (Å²) in [6, 6.07) is 17.5. The van der Waals surface area contributed by atoms with Gasteiger partial charge in [0.2, 0.25) is 0 Å². The lowest BCUT2D eigenvalue weighted by molar-refractivity contribution is -0.142. The molecule has 1 N–H and O–H groups in total. The normalized spacial score (nSPS) is 24.3. The van der Waals surface area contributed by atoms with E-state index in [1.165, 1.54) is 17.3 Å². The van der Waals surface area contributed by atoms with E-state index in [0.717, 1.165) is 4.90 Å². The fraction of sp³-hybridized carbons (Fsp3) is 0.235. The highest BCUT2D eigenvalue weighted by Crippen LogP contribution is 2.55. The Balaban J connectivity index is 1.79. The summed E-state index contributed by atoms with van der Waals surface area (Å²) in [4.78, 5) is 12.6. The van der Waals surface area contributed by atoms with Gasteiger partial charge in [0.15, 0.2) is 0 Å². The largest absolute Gasteiger partial charge is 0.480 e. The molecule has 108 valence electrons. The van der Waals surface area contributed by atoms with Crippen LogP contribution in [-0.4, -0.2) is 15.8 Å². The van der Waals surface area contributed by atoms with Crippen molar-refractivity contribution in [3.63, 3.8) is 0 Å². The van der Waals surface area contributed by atoms with Crippen LogP contribution in [-0.2, 0) is 4.79 Å². The summed E-state index contributed by atoms with van der Waals surface area (Å²) < 4.78 is -0.758. The molecule has 0 aromatic heterocycles. The van der Waals surface area contributed by atoms with Gasteiger partial charge in [0.1, 0.15) is 4.75 Å². The highest BCUT2D eigenvalue weighted by atomic mass is 35.5. The zero-order valence-corrected chi connectivity index (χ0v) is 12.9. The molecule has 1 saturated carbocycles. The van der Waals surface area contributed by atoms with Crippen LogP contribution in [0.3, 0.4) is 0 Å². The number of hydrogen-bond acceptors (Lipinski definition) is 2. The number of benzene rings is 2. The van der Waals surface area contributed by atoms with Gasteiger partial charge in [-0.1, -0.05) is 54.1 Å². The second kappa shape index (κ2) is 5.74. The van der Waals surface area contributed by atoms with Gasteiger partial charge in [-0.25, -0.2) is 0 Å². The predicted molar refractivity (Wildman–Crippen MR) is 86.1 cm³/mol. The lowest BCUT2D eigenvalue weighted by Gasteiger charge is -2.44. The van der Waals surface area contributed by atoms with Crippen molar-refractivity contribution in [1.82, 2.24) is 0 Å². The Kier molecular flexibility index (Phi) is 3.96. The zero-order chi connectivity index (χ0) is 14.9. The summed E-state index contributed by atoms with van der Waals surface area (Å²) in [5.41, 5.74) is 1.22. The van der Waals surface area contributed by atoms with E-state index in [0.29, 0.717) is 23.8 Å². The molecule has 1 aliphatic rings. The fourth-order valence-electron chi connectivity index (χ4n) is 2.74. The second-order valence-corrected chi connectivity index (χ2v) is 7.18. The van der Waals surface area contributed by atoms with Crippen molar-refractivity contribution in [1.29, 1.82) is 0 Å². The zero-order valence-electron chi connectivity index (χ0n) is 11.3. The standard InChI is InChI=1S/C17H15ClO2S/c18-14-8-4-5-9-15(14)21-17(16(19)20)10-13(11-17)12-6-2-1-3-7-12/h1-9,13H,10-11H2,(H,19,20). The number of aliphatic carboxylic acids is 1. The predicted octanol–water partition coefficient (Wildman–Crippen LogP) is 4.83. The van der Waals surface area contributed by atoms with E-state index in [1.807, 2.05) is 36.4 Å². The quantitative estimate of drug-likeness (QED) is 0.877. The van der Waals surface area contributed by atoms with Crippen LogP contribution in [0, 0.1) is 0 Å². The van der Waals surface area contributed by atoms with Crippen LogP contribution in [0.1, 0.15) is 24.3 Å². The molecule has 0 saturated heterocycles. The minimum absolute atomic E-state index is 0.317. The Morgan fingerprint density at radius 2 is 1.71 bits per heavy atom. The first-order valence-electron chi connectivity index (χ1n) is 6.83. The molecule has 0 radical (unpaired) electrons. The minimum Gasteiger partial charge on any atom is -0.480 e. The fourth-order valence-corrected chi connectivity index (χ4v) is 4.38. The molecule has 1 aliphatic carbocycles. The molecule has 0 amide bonds. The van der Waals surface area contributed by atoms with Crippen molar-refractivity contribution in [2.24, 2.45) is 0 Å². The average molecular weight is 319 g/mol. The van der Waals surface area contributed by atoms with Crippen LogP contribution >= 0.6 is 23.4 Å². The molecule has 1 fully saturated rings. The van der Waals surface area contributed by atoms with E-state index < -0.39 is 10.7 Å². The van der Waals surface area contributed by atoms with Crippen LogP contribution < -0.4 is 0 Å². The molecule has 0 spiro atoms. The van der Waals surface area contributed by atoms with Gasteiger partial charge in [-0.15, -0.1) is 11.8 Å². The number of thioether (sulfide) groups is 1. The molecular weight excluding hydrogens is 304 g/mol. The summed E-state index contributed by atoms with van der Waals surface area (Å²) in [5, 5.41) is 10.3. The smallest absolute Gasteiger partial charge is 0.320 e. The Morgan fingerprint density at radius 1 is 1.10 bits per heavy atom. The SMILES string of the molecule is O=C(O)C1(Sc2ccccc2Cl)CC(c2ccccc2)C1. The lowest BCUT2D eigenvalue weighted by Crippen LogP contribution is -2.46. The first kappa shape index (κ1) is 14.5. The van der Waals surface area contributed by atoms with Crippen molar-refractivity contribution in [2.75, 3.05) is 0 Å². The molecule has 4 heteroatoms.